The van der Waals surface area contributed by atoms with Gasteiger partial charge in [0, 0.05) is 25.2 Å². The summed E-state index contributed by atoms with van der Waals surface area (Å²) in [7, 11) is 0. The van der Waals surface area contributed by atoms with Crippen LogP contribution in [0.15, 0.2) is 42.5 Å². The van der Waals surface area contributed by atoms with Crippen LogP contribution < -0.4 is 10.1 Å². The van der Waals surface area contributed by atoms with Crippen molar-refractivity contribution >= 4 is 23.2 Å². The van der Waals surface area contributed by atoms with Gasteiger partial charge >= 0.3 is 0 Å². The highest BCUT2D eigenvalue weighted by atomic mass is 35.5. The molecule has 0 spiro atoms. The summed E-state index contributed by atoms with van der Waals surface area (Å²) in [5, 5.41) is 4.68. The van der Waals surface area contributed by atoms with E-state index in [-0.39, 0.29) is 6.04 Å². The van der Waals surface area contributed by atoms with Crippen molar-refractivity contribution in [2.75, 3.05) is 32.8 Å². The third-order valence-electron chi connectivity index (χ3n) is 4.53. The fourth-order valence-corrected chi connectivity index (χ4v) is 3.82. The smallest absolute Gasteiger partial charge is 0.124 e. The Balaban J connectivity index is 2.10. The molecule has 0 radical (unpaired) electrons. The maximum atomic E-state index is 6.61. The van der Waals surface area contributed by atoms with Gasteiger partial charge in [-0.3, -0.25) is 4.90 Å². The number of hydrogen-bond acceptors (Lipinski definition) is 3. The summed E-state index contributed by atoms with van der Waals surface area (Å²) in [6, 6.07) is 14.1. The van der Waals surface area contributed by atoms with Gasteiger partial charge in [-0.1, -0.05) is 53.5 Å². The normalized spacial score (nSPS) is 17.1. The molecule has 1 atom stereocenters. The van der Waals surface area contributed by atoms with Gasteiger partial charge in [0.25, 0.3) is 0 Å². The monoisotopic (exact) mass is 378 g/mol. The first-order valence-corrected chi connectivity index (χ1v) is 9.58. The summed E-state index contributed by atoms with van der Waals surface area (Å²) in [5.41, 5.74) is 2.17. The van der Waals surface area contributed by atoms with Crippen molar-refractivity contribution in [2.45, 2.75) is 19.4 Å². The molecular formula is C20H24Cl2N2O. The van der Waals surface area contributed by atoms with Gasteiger partial charge in [-0.15, -0.1) is 0 Å². The number of benzene rings is 2. The van der Waals surface area contributed by atoms with Crippen LogP contribution in [-0.2, 0) is 0 Å². The van der Waals surface area contributed by atoms with Gasteiger partial charge in [0.1, 0.15) is 5.75 Å². The molecule has 1 unspecified atom stereocenters. The lowest BCUT2D eigenvalue weighted by atomic mass is 9.95. The maximum absolute atomic E-state index is 6.61. The van der Waals surface area contributed by atoms with Gasteiger partial charge in [-0.05, 0) is 37.6 Å². The molecule has 0 aliphatic carbocycles. The number of hydrogen-bond donors (Lipinski definition) is 1. The molecule has 2 aromatic carbocycles. The second kappa shape index (κ2) is 8.91. The summed E-state index contributed by atoms with van der Waals surface area (Å²) in [6.07, 6.45) is 1.10. The molecule has 3 rings (SSSR count). The standard InChI is InChI=1S/C20H24Cl2N2O/c1-2-25-18-10-4-3-7-15(18)20(24-13-6-11-23-12-14-24)16-8-5-9-17(21)19(16)22/h3-5,7-10,20,23H,2,6,11-14H2,1H3. The highest BCUT2D eigenvalue weighted by Gasteiger charge is 2.28. The summed E-state index contributed by atoms with van der Waals surface area (Å²) >= 11 is 12.9. The lowest BCUT2D eigenvalue weighted by Gasteiger charge is -2.33. The summed E-state index contributed by atoms with van der Waals surface area (Å²) in [6.45, 7) is 6.60. The molecule has 1 saturated heterocycles. The van der Waals surface area contributed by atoms with Crippen molar-refractivity contribution in [1.82, 2.24) is 10.2 Å². The minimum absolute atomic E-state index is 0.0221. The van der Waals surface area contributed by atoms with E-state index in [1.807, 2.05) is 31.2 Å². The van der Waals surface area contributed by atoms with Crippen LogP contribution in [0.5, 0.6) is 5.75 Å². The molecule has 1 heterocycles. The Bertz CT molecular complexity index is 700. The molecule has 5 heteroatoms. The largest absolute Gasteiger partial charge is 0.494 e. The molecule has 1 aliphatic heterocycles. The Morgan fingerprint density at radius 1 is 1.04 bits per heavy atom. The number of para-hydroxylation sites is 1. The van der Waals surface area contributed by atoms with E-state index in [1.54, 1.807) is 0 Å². The number of nitrogens with one attached hydrogen (secondary N) is 1. The second-order valence-electron chi connectivity index (χ2n) is 6.16. The fraction of sp³-hybridized carbons (Fsp3) is 0.400. The molecule has 1 aliphatic rings. The Hall–Kier alpha value is -1.26. The van der Waals surface area contributed by atoms with E-state index >= 15 is 0 Å². The van der Waals surface area contributed by atoms with E-state index in [0.717, 1.165) is 49.5 Å². The lowest BCUT2D eigenvalue weighted by molar-refractivity contribution is 0.233. The minimum Gasteiger partial charge on any atom is -0.494 e. The highest BCUT2D eigenvalue weighted by molar-refractivity contribution is 6.42. The topological polar surface area (TPSA) is 24.5 Å². The SMILES string of the molecule is CCOc1ccccc1C(c1cccc(Cl)c1Cl)N1CCCNCC1. The van der Waals surface area contributed by atoms with E-state index in [2.05, 4.69) is 28.4 Å². The molecular weight excluding hydrogens is 355 g/mol. The molecule has 0 saturated carbocycles. The van der Waals surface area contributed by atoms with Gasteiger partial charge < -0.3 is 10.1 Å². The van der Waals surface area contributed by atoms with Gasteiger partial charge in [-0.2, -0.15) is 0 Å². The van der Waals surface area contributed by atoms with Crippen LogP contribution in [0.4, 0.5) is 0 Å². The van der Waals surface area contributed by atoms with Crippen LogP contribution in [0.3, 0.4) is 0 Å². The van der Waals surface area contributed by atoms with E-state index in [0.29, 0.717) is 16.7 Å². The molecule has 1 fully saturated rings. The Morgan fingerprint density at radius 2 is 1.84 bits per heavy atom. The first-order valence-electron chi connectivity index (χ1n) is 8.82. The third-order valence-corrected chi connectivity index (χ3v) is 5.36. The number of rotatable bonds is 5. The number of halogens is 2. The first kappa shape index (κ1) is 18.5. The molecule has 25 heavy (non-hydrogen) atoms. The Labute approximate surface area is 159 Å². The molecule has 3 nitrogen and oxygen atoms in total. The van der Waals surface area contributed by atoms with Crippen LogP contribution in [0.1, 0.15) is 30.5 Å². The van der Waals surface area contributed by atoms with Crippen LogP contribution in [0.25, 0.3) is 0 Å². The maximum Gasteiger partial charge on any atom is 0.124 e. The van der Waals surface area contributed by atoms with Gasteiger partial charge in [0.15, 0.2) is 0 Å². The van der Waals surface area contributed by atoms with Crippen molar-refractivity contribution in [2.24, 2.45) is 0 Å². The van der Waals surface area contributed by atoms with E-state index in [1.165, 1.54) is 0 Å². The Morgan fingerprint density at radius 3 is 2.68 bits per heavy atom. The molecule has 0 bridgehead atoms. The second-order valence-corrected chi connectivity index (χ2v) is 6.94. The van der Waals surface area contributed by atoms with Crippen molar-refractivity contribution in [3.63, 3.8) is 0 Å². The summed E-state index contributed by atoms with van der Waals surface area (Å²) in [5.74, 6) is 0.906. The first-order chi connectivity index (χ1) is 12.2. The molecule has 134 valence electrons. The van der Waals surface area contributed by atoms with Crippen LogP contribution in [0, 0.1) is 0 Å². The number of nitrogens with zero attached hydrogens (tertiary/aromatic N) is 1. The van der Waals surface area contributed by atoms with Crippen molar-refractivity contribution in [3.05, 3.63) is 63.6 Å². The van der Waals surface area contributed by atoms with Crippen molar-refractivity contribution in [3.8, 4) is 5.75 Å². The van der Waals surface area contributed by atoms with Gasteiger partial charge in [0.05, 0.1) is 22.7 Å². The molecule has 1 N–H and O–H groups in total. The van der Waals surface area contributed by atoms with Gasteiger partial charge in [0.2, 0.25) is 0 Å². The van der Waals surface area contributed by atoms with E-state index in [9.17, 15) is 0 Å². The van der Waals surface area contributed by atoms with Crippen LogP contribution >= 0.6 is 23.2 Å². The predicted molar refractivity (Wildman–Crippen MR) is 105 cm³/mol. The average Bonchev–Trinajstić information content (AvgIpc) is 2.90. The zero-order valence-corrected chi connectivity index (χ0v) is 16.0. The fourth-order valence-electron chi connectivity index (χ4n) is 3.41. The summed E-state index contributed by atoms with van der Waals surface area (Å²) in [4.78, 5) is 2.47. The minimum atomic E-state index is 0.0221. The molecule has 0 aromatic heterocycles. The molecule has 0 amide bonds. The van der Waals surface area contributed by atoms with Crippen LogP contribution in [0.2, 0.25) is 10.0 Å². The lowest BCUT2D eigenvalue weighted by Crippen LogP contribution is -2.33. The average molecular weight is 379 g/mol. The number of ether oxygens (including phenoxy) is 1. The quantitative estimate of drug-likeness (QED) is 0.810. The molecule has 2 aromatic rings. The van der Waals surface area contributed by atoms with Crippen molar-refractivity contribution < 1.29 is 4.74 Å². The predicted octanol–water partition coefficient (Wildman–Crippen LogP) is 4.78. The van der Waals surface area contributed by atoms with Gasteiger partial charge in [-0.25, -0.2) is 0 Å². The zero-order valence-electron chi connectivity index (χ0n) is 14.5. The van der Waals surface area contributed by atoms with E-state index in [4.69, 9.17) is 27.9 Å². The Kier molecular flexibility index (Phi) is 6.60. The summed E-state index contributed by atoms with van der Waals surface area (Å²) < 4.78 is 5.91. The van der Waals surface area contributed by atoms with E-state index < -0.39 is 0 Å². The third kappa shape index (κ3) is 4.29. The zero-order chi connectivity index (χ0) is 17.6. The van der Waals surface area contributed by atoms with Crippen molar-refractivity contribution in [1.29, 1.82) is 0 Å². The highest BCUT2D eigenvalue weighted by Crippen LogP contribution is 2.40. The van der Waals surface area contributed by atoms with Crippen LogP contribution in [-0.4, -0.2) is 37.7 Å².